The predicted molar refractivity (Wildman–Crippen MR) is 51.6 cm³/mol. The number of imidazole rings is 1. The Labute approximate surface area is 76.2 Å². The van der Waals surface area contributed by atoms with Crippen LogP contribution in [0.2, 0.25) is 0 Å². The molecule has 0 aliphatic heterocycles. The molecule has 0 radical (unpaired) electrons. The lowest BCUT2D eigenvalue weighted by atomic mass is 10.3. The number of hydrogen-bond donors (Lipinski definition) is 1. The summed E-state index contributed by atoms with van der Waals surface area (Å²) in [5, 5.41) is 0. The van der Waals surface area contributed by atoms with Crippen LogP contribution in [0, 0.1) is 0 Å². The van der Waals surface area contributed by atoms with Crippen LogP contribution in [-0.2, 0) is 0 Å². The lowest BCUT2D eigenvalue weighted by Crippen LogP contribution is -1.88. The van der Waals surface area contributed by atoms with Gasteiger partial charge >= 0.3 is 0 Å². The van der Waals surface area contributed by atoms with Gasteiger partial charge in [0.2, 0.25) is 0 Å². The molecule has 66 valence electrons. The molecule has 1 fully saturated rings. The molecule has 3 heteroatoms. The van der Waals surface area contributed by atoms with E-state index in [2.05, 4.69) is 11.2 Å². The van der Waals surface area contributed by atoms with Crippen LogP contribution < -0.4 is 5.73 Å². The van der Waals surface area contributed by atoms with E-state index in [0.717, 1.165) is 11.3 Å². The lowest BCUT2D eigenvalue weighted by Gasteiger charge is -1.93. The zero-order valence-electron chi connectivity index (χ0n) is 7.27. The van der Waals surface area contributed by atoms with Gasteiger partial charge < -0.3 is 10.1 Å². The molecule has 2 heterocycles. The number of nitrogens with two attached hydrogens (primary N) is 1. The number of aromatic nitrogens is 2. The minimum Gasteiger partial charge on any atom is -0.398 e. The summed E-state index contributed by atoms with van der Waals surface area (Å²) < 4.78 is 2.00. The minimum absolute atomic E-state index is 0.709. The predicted octanol–water partition coefficient (Wildman–Crippen LogP) is 1.79. The van der Waals surface area contributed by atoms with E-state index in [4.69, 9.17) is 5.73 Å². The van der Waals surface area contributed by atoms with Crippen LogP contribution in [0.3, 0.4) is 0 Å². The van der Waals surface area contributed by atoms with Crippen molar-refractivity contribution in [2.45, 2.75) is 18.8 Å². The maximum atomic E-state index is 5.68. The van der Waals surface area contributed by atoms with Gasteiger partial charge in [0.05, 0.1) is 5.69 Å². The Morgan fingerprint density at radius 2 is 2.15 bits per heavy atom. The van der Waals surface area contributed by atoms with E-state index in [0.29, 0.717) is 5.92 Å². The van der Waals surface area contributed by atoms with E-state index in [1.54, 1.807) is 0 Å². The van der Waals surface area contributed by atoms with Crippen LogP contribution >= 0.6 is 0 Å². The summed E-state index contributed by atoms with van der Waals surface area (Å²) in [6.07, 6.45) is 6.58. The average molecular weight is 173 g/mol. The molecule has 2 aromatic heterocycles. The third-order valence-corrected chi connectivity index (χ3v) is 2.49. The average Bonchev–Trinajstić information content (AvgIpc) is 2.87. The summed E-state index contributed by atoms with van der Waals surface area (Å²) in [4.78, 5) is 4.52. The van der Waals surface area contributed by atoms with Gasteiger partial charge in [-0.3, -0.25) is 0 Å². The van der Waals surface area contributed by atoms with Crippen molar-refractivity contribution < 1.29 is 0 Å². The summed E-state index contributed by atoms with van der Waals surface area (Å²) in [5.74, 6) is 0.709. The molecule has 1 aliphatic carbocycles. The maximum absolute atomic E-state index is 5.68. The fourth-order valence-electron chi connectivity index (χ4n) is 1.60. The Bertz CT molecular complexity index is 454. The van der Waals surface area contributed by atoms with Crippen LogP contribution in [0.5, 0.6) is 0 Å². The first kappa shape index (κ1) is 6.95. The Balaban J connectivity index is 2.20. The van der Waals surface area contributed by atoms with Crippen molar-refractivity contribution in [3.05, 3.63) is 30.2 Å². The quantitative estimate of drug-likeness (QED) is 0.714. The first-order valence-electron chi connectivity index (χ1n) is 4.57. The second kappa shape index (κ2) is 2.25. The first-order chi connectivity index (χ1) is 6.33. The molecular weight excluding hydrogens is 162 g/mol. The van der Waals surface area contributed by atoms with Crippen molar-refractivity contribution in [1.82, 2.24) is 9.38 Å². The zero-order valence-corrected chi connectivity index (χ0v) is 7.27. The van der Waals surface area contributed by atoms with Crippen LogP contribution in [0.4, 0.5) is 5.69 Å². The van der Waals surface area contributed by atoms with Crippen molar-refractivity contribution in [2.24, 2.45) is 0 Å². The Kier molecular flexibility index (Phi) is 1.20. The molecule has 0 amide bonds. The number of rotatable bonds is 1. The lowest BCUT2D eigenvalue weighted by molar-refractivity contribution is 1.06. The summed E-state index contributed by atoms with van der Waals surface area (Å²) in [6.45, 7) is 0. The van der Waals surface area contributed by atoms with E-state index < -0.39 is 0 Å². The van der Waals surface area contributed by atoms with Crippen molar-refractivity contribution in [3.63, 3.8) is 0 Å². The molecule has 13 heavy (non-hydrogen) atoms. The highest BCUT2D eigenvalue weighted by Gasteiger charge is 2.25. The van der Waals surface area contributed by atoms with Crippen LogP contribution in [0.15, 0.2) is 24.5 Å². The zero-order chi connectivity index (χ0) is 8.84. The van der Waals surface area contributed by atoms with Gasteiger partial charge in [0.1, 0.15) is 5.65 Å². The molecule has 0 atom stereocenters. The molecule has 0 aromatic carbocycles. The van der Waals surface area contributed by atoms with Gasteiger partial charge in [0, 0.05) is 24.0 Å². The molecule has 0 unspecified atom stereocenters. The largest absolute Gasteiger partial charge is 0.398 e. The van der Waals surface area contributed by atoms with Crippen LogP contribution in [0.1, 0.15) is 24.5 Å². The van der Waals surface area contributed by atoms with Gasteiger partial charge in [-0.2, -0.15) is 0 Å². The molecule has 1 aliphatic rings. The topological polar surface area (TPSA) is 43.3 Å². The molecular formula is C10H11N3. The summed E-state index contributed by atoms with van der Waals surface area (Å²) in [6, 6.07) is 3.85. The molecule has 0 spiro atoms. The van der Waals surface area contributed by atoms with E-state index in [1.165, 1.54) is 18.5 Å². The minimum atomic E-state index is 0.709. The SMILES string of the molecule is Nc1ccc2nc(C3CC3)cn2c1. The summed E-state index contributed by atoms with van der Waals surface area (Å²) in [7, 11) is 0. The molecule has 3 nitrogen and oxygen atoms in total. The molecule has 0 bridgehead atoms. The van der Waals surface area contributed by atoms with Crippen LogP contribution in [0.25, 0.3) is 5.65 Å². The second-order valence-electron chi connectivity index (χ2n) is 3.67. The van der Waals surface area contributed by atoms with Crippen molar-refractivity contribution >= 4 is 11.3 Å². The third kappa shape index (κ3) is 1.08. The monoisotopic (exact) mass is 173 g/mol. The number of anilines is 1. The highest BCUT2D eigenvalue weighted by Crippen LogP contribution is 2.39. The molecule has 2 aromatic rings. The van der Waals surface area contributed by atoms with E-state index in [9.17, 15) is 0 Å². The fourth-order valence-corrected chi connectivity index (χ4v) is 1.60. The van der Waals surface area contributed by atoms with Gasteiger partial charge in [0.15, 0.2) is 0 Å². The number of nitrogens with zero attached hydrogens (tertiary/aromatic N) is 2. The second-order valence-corrected chi connectivity index (χ2v) is 3.67. The number of hydrogen-bond acceptors (Lipinski definition) is 2. The fraction of sp³-hybridized carbons (Fsp3) is 0.300. The standard InChI is InChI=1S/C10H11N3/c11-8-3-4-10-12-9(7-1-2-7)6-13(10)5-8/h3-7H,1-2,11H2. The summed E-state index contributed by atoms with van der Waals surface area (Å²) >= 11 is 0. The van der Waals surface area contributed by atoms with E-state index in [-0.39, 0.29) is 0 Å². The number of nitrogen functional groups attached to an aromatic ring is 1. The van der Waals surface area contributed by atoms with Gasteiger partial charge in [-0.15, -0.1) is 0 Å². The molecule has 0 saturated heterocycles. The molecule has 2 N–H and O–H groups in total. The number of fused-ring (bicyclic) bond motifs is 1. The summed E-state index contributed by atoms with van der Waals surface area (Å²) in [5.41, 5.74) is 8.67. The van der Waals surface area contributed by atoms with Gasteiger partial charge in [-0.1, -0.05) is 0 Å². The van der Waals surface area contributed by atoms with Crippen molar-refractivity contribution in [1.29, 1.82) is 0 Å². The van der Waals surface area contributed by atoms with Crippen molar-refractivity contribution in [2.75, 3.05) is 5.73 Å². The van der Waals surface area contributed by atoms with Gasteiger partial charge in [-0.05, 0) is 25.0 Å². The highest BCUT2D eigenvalue weighted by molar-refractivity contribution is 5.48. The molecule has 1 saturated carbocycles. The Hall–Kier alpha value is -1.51. The Morgan fingerprint density at radius 1 is 1.31 bits per heavy atom. The van der Waals surface area contributed by atoms with Gasteiger partial charge in [0.25, 0.3) is 0 Å². The molecule has 3 rings (SSSR count). The van der Waals surface area contributed by atoms with Crippen LogP contribution in [-0.4, -0.2) is 9.38 Å². The maximum Gasteiger partial charge on any atom is 0.137 e. The Morgan fingerprint density at radius 3 is 2.92 bits per heavy atom. The smallest absolute Gasteiger partial charge is 0.137 e. The normalized spacial score (nSPS) is 16.6. The third-order valence-electron chi connectivity index (χ3n) is 2.49. The van der Waals surface area contributed by atoms with Gasteiger partial charge in [-0.25, -0.2) is 4.98 Å². The highest BCUT2D eigenvalue weighted by atomic mass is 15.0. The van der Waals surface area contributed by atoms with E-state index in [1.807, 2.05) is 22.7 Å². The first-order valence-corrected chi connectivity index (χ1v) is 4.57. The van der Waals surface area contributed by atoms with E-state index >= 15 is 0 Å². The number of pyridine rings is 1. The van der Waals surface area contributed by atoms with Crippen molar-refractivity contribution in [3.8, 4) is 0 Å².